The summed E-state index contributed by atoms with van der Waals surface area (Å²) < 4.78 is 0. The summed E-state index contributed by atoms with van der Waals surface area (Å²) >= 11 is 1.39. The molecule has 0 fully saturated rings. The van der Waals surface area contributed by atoms with Crippen molar-refractivity contribution in [1.82, 2.24) is 9.97 Å². The van der Waals surface area contributed by atoms with E-state index in [0.717, 1.165) is 10.9 Å². The highest BCUT2D eigenvalue weighted by atomic mass is 32.1. The van der Waals surface area contributed by atoms with Gasteiger partial charge in [0.15, 0.2) is 11.5 Å². The zero-order valence-electron chi connectivity index (χ0n) is 10.9. The van der Waals surface area contributed by atoms with E-state index in [9.17, 15) is 4.79 Å². The van der Waals surface area contributed by atoms with Gasteiger partial charge in [-0.2, -0.15) is 5.10 Å². The molecule has 0 saturated heterocycles. The van der Waals surface area contributed by atoms with Gasteiger partial charge in [0.2, 0.25) is 0 Å². The minimum Gasteiger partial charge on any atom is -0.364 e. The van der Waals surface area contributed by atoms with Crippen LogP contribution in [-0.2, 0) is 4.79 Å². The number of hydrogen-bond acceptors (Lipinski definition) is 6. The molecule has 6 nitrogen and oxygen atoms in total. The van der Waals surface area contributed by atoms with Crippen LogP contribution in [0.3, 0.4) is 0 Å². The van der Waals surface area contributed by atoms with Crippen molar-refractivity contribution in [3.63, 3.8) is 0 Å². The van der Waals surface area contributed by atoms with Gasteiger partial charge in [-0.25, -0.2) is 9.97 Å². The molecule has 0 spiro atoms. The van der Waals surface area contributed by atoms with Crippen molar-refractivity contribution in [3.8, 4) is 0 Å². The predicted molar refractivity (Wildman–Crippen MR) is 83.2 cm³/mol. The normalized spacial score (nSPS) is 11.5. The highest BCUT2D eigenvalue weighted by Crippen LogP contribution is 2.18. The molecule has 2 heterocycles. The van der Waals surface area contributed by atoms with Gasteiger partial charge < -0.3 is 5.73 Å². The summed E-state index contributed by atoms with van der Waals surface area (Å²) in [6.07, 6.45) is 1.44. The average molecular weight is 297 g/mol. The zero-order valence-corrected chi connectivity index (χ0v) is 11.7. The third kappa shape index (κ3) is 2.72. The van der Waals surface area contributed by atoms with Gasteiger partial charge >= 0.3 is 0 Å². The van der Waals surface area contributed by atoms with Crippen molar-refractivity contribution in [2.75, 3.05) is 5.43 Å². The first-order valence-electron chi connectivity index (χ1n) is 6.13. The van der Waals surface area contributed by atoms with E-state index in [-0.39, 0.29) is 5.71 Å². The highest BCUT2D eigenvalue weighted by molar-refractivity contribution is 7.13. The molecule has 3 aromatic rings. The van der Waals surface area contributed by atoms with E-state index in [4.69, 9.17) is 5.73 Å². The maximum Gasteiger partial charge on any atom is 0.270 e. The molecule has 3 rings (SSSR count). The van der Waals surface area contributed by atoms with E-state index in [0.29, 0.717) is 10.7 Å². The van der Waals surface area contributed by atoms with Gasteiger partial charge in [0.05, 0.1) is 10.4 Å². The molecule has 0 saturated carbocycles. The van der Waals surface area contributed by atoms with Gasteiger partial charge in [-0.15, -0.1) is 11.3 Å². The molecule has 0 aliphatic carbocycles. The number of nitrogens with two attached hydrogens (primary N) is 1. The first-order valence-corrected chi connectivity index (χ1v) is 7.01. The van der Waals surface area contributed by atoms with Crippen molar-refractivity contribution >= 4 is 39.7 Å². The fourth-order valence-corrected chi connectivity index (χ4v) is 2.57. The van der Waals surface area contributed by atoms with Gasteiger partial charge in [-0.3, -0.25) is 10.2 Å². The van der Waals surface area contributed by atoms with Crippen LogP contribution < -0.4 is 11.2 Å². The summed E-state index contributed by atoms with van der Waals surface area (Å²) in [5.74, 6) is -0.0702. The molecule has 0 aliphatic heterocycles. The largest absolute Gasteiger partial charge is 0.364 e. The Morgan fingerprint density at radius 1 is 1.19 bits per heavy atom. The van der Waals surface area contributed by atoms with Crippen LogP contribution >= 0.6 is 11.3 Å². The van der Waals surface area contributed by atoms with Gasteiger partial charge in [-0.05, 0) is 23.6 Å². The Balaban J connectivity index is 1.98. The van der Waals surface area contributed by atoms with Gasteiger partial charge in [-0.1, -0.05) is 18.2 Å². The molecular formula is C14H11N5OS. The predicted octanol–water partition coefficient (Wildman–Crippen LogP) is 1.99. The monoisotopic (exact) mass is 297 g/mol. The second kappa shape index (κ2) is 5.68. The summed E-state index contributed by atoms with van der Waals surface area (Å²) in [6.45, 7) is 0. The molecule has 0 bridgehead atoms. The number of anilines is 1. The number of benzene rings is 1. The summed E-state index contributed by atoms with van der Waals surface area (Å²) in [5.41, 5.74) is 9.14. The highest BCUT2D eigenvalue weighted by Gasteiger charge is 2.12. The number of thiophene rings is 1. The number of para-hydroxylation sites is 1. The smallest absolute Gasteiger partial charge is 0.270 e. The number of carbonyl (C=O) groups is 1. The van der Waals surface area contributed by atoms with Crippen molar-refractivity contribution in [2.24, 2.45) is 10.8 Å². The van der Waals surface area contributed by atoms with Crippen LogP contribution in [0.1, 0.15) is 4.88 Å². The molecule has 0 unspecified atom stereocenters. The molecule has 1 amide bonds. The molecule has 104 valence electrons. The average Bonchev–Trinajstić information content (AvgIpc) is 3.01. The van der Waals surface area contributed by atoms with Crippen LogP contribution in [-0.4, -0.2) is 21.6 Å². The molecule has 0 radical (unpaired) electrons. The maximum absolute atomic E-state index is 11.5. The number of primary amides is 1. The second-order valence-corrected chi connectivity index (χ2v) is 5.10. The number of aromatic nitrogens is 2. The van der Waals surface area contributed by atoms with E-state index >= 15 is 0 Å². The van der Waals surface area contributed by atoms with Gasteiger partial charge in [0.25, 0.3) is 5.91 Å². The van der Waals surface area contributed by atoms with E-state index < -0.39 is 5.91 Å². The van der Waals surface area contributed by atoms with Crippen molar-refractivity contribution in [2.45, 2.75) is 0 Å². The number of carbonyl (C=O) groups excluding carboxylic acids is 1. The third-order valence-corrected chi connectivity index (χ3v) is 3.68. The SMILES string of the molecule is NC(=O)/C(=N/Nc1ncnc2ccccc12)c1cccs1. The maximum atomic E-state index is 11.5. The van der Waals surface area contributed by atoms with Crippen LogP contribution in [0.2, 0.25) is 0 Å². The Hall–Kier alpha value is -2.80. The van der Waals surface area contributed by atoms with Crippen LogP contribution in [0.25, 0.3) is 10.9 Å². The lowest BCUT2D eigenvalue weighted by molar-refractivity contribution is -0.111. The van der Waals surface area contributed by atoms with E-state index in [2.05, 4.69) is 20.5 Å². The topological polar surface area (TPSA) is 93.3 Å². The van der Waals surface area contributed by atoms with Gasteiger partial charge in [0, 0.05) is 5.39 Å². The number of nitrogens with zero attached hydrogens (tertiary/aromatic N) is 3. The van der Waals surface area contributed by atoms with Crippen molar-refractivity contribution in [1.29, 1.82) is 0 Å². The van der Waals surface area contributed by atoms with E-state index in [1.807, 2.05) is 35.7 Å². The minimum absolute atomic E-state index is 0.174. The number of nitrogens with one attached hydrogen (secondary N) is 1. The fraction of sp³-hybridized carbons (Fsp3) is 0. The number of rotatable bonds is 4. The molecule has 0 atom stereocenters. The standard InChI is InChI=1S/C14H11N5OS/c15-13(20)12(11-6-3-7-21-11)18-19-14-9-4-1-2-5-10(9)16-8-17-14/h1-8H,(H2,15,20)(H,16,17,19)/b18-12+. The Morgan fingerprint density at radius 2 is 2.05 bits per heavy atom. The van der Waals surface area contributed by atoms with Crippen LogP contribution in [0.4, 0.5) is 5.82 Å². The van der Waals surface area contributed by atoms with Gasteiger partial charge in [0.1, 0.15) is 6.33 Å². The third-order valence-electron chi connectivity index (χ3n) is 2.80. The lowest BCUT2D eigenvalue weighted by atomic mass is 10.2. The molecule has 2 aromatic heterocycles. The summed E-state index contributed by atoms with van der Waals surface area (Å²) in [7, 11) is 0. The van der Waals surface area contributed by atoms with Crippen LogP contribution in [0.15, 0.2) is 53.2 Å². The first-order chi connectivity index (χ1) is 10.3. The van der Waals surface area contributed by atoms with E-state index in [1.165, 1.54) is 17.7 Å². The Bertz CT molecular complexity index is 808. The lowest BCUT2D eigenvalue weighted by Gasteiger charge is -2.05. The van der Waals surface area contributed by atoms with Crippen LogP contribution in [0, 0.1) is 0 Å². The fourth-order valence-electron chi connectivity index (χ4n) is 1.85. The van der Waals surface area contributed by atoms with Crippen molar-refractivity contribution in [3.05, 3.63) is 53.0 Å². The summed E-state index contributed by atoms with van der Waals surface area (Å²) in [4.78, 5) is 20.5. The second-order valence-electron chi connectivity index (χ2n) is 4.15. The summed E-state index contributed by atoms with van der Waals surface area (Å²) in [5, 5.41) is 6.77. The number of amides is 1. The lowest BCUT2D eigenvalue weighted by Crippen LogP contribution is -2.24. The molecule has 21 heavy (non-hydrogen) atoms. The number of hydrazone groups is 1. The minimum atomic E-state index is -0.594. The first kappa shape index (κ1) is 13.2. The molecular weight excluding hydrogens is 286 g/mol. The number of fused-ring (bicyclic) bond motifs is 1. The van der Waals surface area contributed by atoms with E-state index in [1.54, 1.807) is 6.07 Å². The van der Waals surface area contributed by atoms with Crippen molar-refractivity contribution < 1.29 is 4.79 Å². The van der Waals surface area contributed by atoms with Crippen LogP contribution in [0.5, 0.6) is 0 Å². The molecule has 3 N–H and O–H groups in total. The Labute approximate surface area is 124 Å². The zero-order chi connectivity index (χ0) is 14.7. The molecule has 0 aliphatic rings. The Kier molecular flexibility index (Phi) is 3.57. The molecule has 1 aromatic carbocycles. The quantitative estimate of drug-likeness (QED) is 0.569. The molecule has 7 heteroatoms. The number of hydrogen-bond donors (Lipinski definition) is 2. The summed E-state index contributed by atoms with van der Waals surface area (Å²) in [6, 6.07) is 11.1. The Morgan fingerprint density at radius 3 is 2.81 bits per heavy atom.